The van der Waals surface area contributed by atoms with E-state index in [1.807, 2.05) is 6.08 Å². The Balaban J connectivity index is 2.11. The van der Waals surface area contributed by atoms with Gasteiger partial charge in [0.05, 0.1) is 0 Å². The van der Waals surface area contributed by atoms with Crippen molar-refractivity contribution in [3.63, 3.8) is 0 Å². The molecule has 1 nitrogen and oxygen atoms in total. The zero-order chi connectivity index (χ0) is 13.2. The number of allylic oxidation sites excluding steroid dienone is 4. The minimum absolute atomic E-state index is 0.423. The van der Waals surface area contributed by atoms with E-state index >= 15 is 0 Å². The molecule has 0 radical (unpaired) electrons. The third kappa shape index (κ3) is 5.66. The number of hydrogen-bond donors (Lipinski definition) is 0. The van der Waals surface area contributed by atoms with Crippen LogP contribution in [0.3, 0.4) is 0 Å². The van der Waals surface area contributed by atoms with Crippen molar-refractivity contribution in [2.75, 3.05) is 0 Å². The van der Waals surface area contributed by atoms with E-state index in [4.69, 9.17) is 0 Å². The molecule has 1 aliphatic rings. The highest BCUT2D eigenvalue weighted by Crippen LogP contribution is 2.26. The molecule has 0 aromatic carbocycles. The average molecular weight is 248 g/mol. The Morgan fingerprint density at radius 2 is 1.78 bits per heavy atom. The van der Waals surface area contributed by atoms with Crippen molar-refractivity contribution < 1.29 is 4.79 Å². The lowest BCUT2D eigenvalue weighted by atomic mass is 9.87. The van der Waals surface area contributed by atoms with Gasteiger partial charge >= 0.3 is 0 Å². The van der Waals surface area contributed by atoms with Gasteiger partial charge in [0.15, 0.2) is 0 Å². The van der Waals surface area contributed by atoms with Crippen molar-refractivity contribution in [3.8, 4) is 0 Å². The molecule has 1 atom stereocenters. The fourth-order valence-corrected chi connectivity index (χ4v) is 2.61. The Labute approximate surface area is 112 Å². The summed E-state index contributed by atoms with van der Waals surface area (Å²) < 4.78 is 0. The van der Waals surface area contributed by atoms with Crippen LogP contribution in [-0.4, -0.2) is 6.29 Å². The lowest BCUT2D eigenvalue weighted by Gasteiger charge is -2.18. The normalized spacial score (nSPS) is 19.3. The van der Waals surface area contributed by atoms with E-state index in [9.17, 15) is 4.79 Å². The summed E-state index contributed by atoms with van der Waals surface area (Å²) in [6.07, 6.45) is 17.1. The summed E-state index contributed by atoms with van der Waals surface area (Å²) in [5.74, 6) is 0.423. The smallest absolute Gasteiger partial charge is 0.146 e. The molecule has 0 aliphatic heterocycles. The van der Waals surface area contributed by atoms with E-state index in [0.29, 0.717) is 5.92 Å². The third-order valence-electron chi connectivity index (χ3n) is 3.89. The topological polar surface area (TPSA) is 17.1 Å². The maximum atomic E-state index is 10.8. The first kappa shape index (κ1) is 15.2. The van der Waals surface area contributed by atoms with Gasteiger partial charge in [-0.1, -0.05) is 70.1 Å². The van der Waals surface area contributed by atoms with Crippen LogP contribution in [0.1, 0.15) is 71.6 Å². The fourth-order valence-electron chi connectivity index (χ4n) is 2.61. The van der Waals surface area contributed by atoms with Gasteiger partial charge in [0, 0.05) is 0 Å². The SMILES string of the molecule is CCCCCCCCCC1=CC=C(C=O)C(C)C1. The van der Waals surface area contributed by atoms with Crippen LogP contribution in [0.25, 0.3) is 0 Å². The highest BCUT2D eigenvalue weighted by molar-refractivity contribution is 5.75. The van der Waals surface area contributed by atoms with Gasteiger partial charge in [-0.25, -0.2) is 0 Å². The number of rotatable bonds is 9. The van der Waals surface area contributed by atoms with Gasteiger partial charge in [-0.3, -0.25) is 4.79 Å². The van der Waals surface area contributed by atoms with E-state index in [1.54, 1.807) is 0 Å². The van der Waals surface area contributed by atoms with E-state index in [0.717, 1.165) is 18.3 Å². The van der Waals surface area contributed by atoms with Gasteiger partial charge in [-0.05, 0) is 30.8 Å². The molecular formula is C17H28O. The standard InChI is InChI=1S/C17H28O/c1-3-4-5-6-7-8-9-10-16-11-12-17(14-18)15(2)13-16/h11-12,14-15H,3-10,13H2,1-2H3. The van der Waals surface area contributed by atoms with Crippen LogP contribution in [0.15, 0.2) is 23.3 Å². The van der Waals surface area contributed by atoms with Gasteiger partial charge < -0.3 is 0 Å². The second-order valence-corrected chi connectivity index (χ2v) is 5.59. The Morgan fingerprint density at radius 3 is 2.39 bits per heavy atom. The molecule has 0 bridgehead atoms. The minimum Gasteiger partial charge on any atom is -0.298 e. The number of carbonyl (C=O) groups is 1. The molecule has 0 heterocycles. The Hall–Kier alpha value is -0.850. The number of aldehydes is 1. The Morgan fingerprint density at radius 1 is 1.11 bits per heavy atom. The van der Waals surface area contributed by atoms with E-state index < -0.39 is 0 Å². The van der Waals surface area contributed by atoms with Crippen molar-refractivity contribution in [2.24, 2.45) is 5.92 Å². The zero-order valence-electron chi connectivity index (χ0n) is 12.1. The van der Waals surface area contributed by atoms with Crippen molar-refractivity contribution in [1.29, 1.82) is 0 Å². The lowest BCUT2D eigenvalue weighted by Crippen LogP contribution is -2.06. The predicted molar refractivity (Wildman–Crippen MR) is 78.6 cm³/mol. The second kappa shape index (κ2) is 9.13. The van der Waals surface area contributed by atoms with Crippen molar-refractivity contribution >= 4 is 6.29 Å². The van der Waals surface area contributed by atoms with E-state index in [2.05, 4.69) is 19.9 Å². The molecule has 0 saturated heterocycles. The van der Waals surface area contributed by atoms with Gasteiger partial charge in [-0.2, -0.15) is 0 Å². The molecule has 1 rings (SSSR count). The largest absolute Gasteiger partial charge is 0.298 e. The summed E-state index contributed by atoms with van der Waals surface area (Å²) in [6.45, 7) is 4.41. The summed E-state index contributed by atoms with van der Waals surface area (Å²) >= 11 is 0. The maximum absolute atomic E-state index is 10.8. The molecule has 0 aromatic rings. The van der Waals surface area contributed by atoms with Crippen LogP contribution in [0.2, 0.25) is 0 Å². The molecule has 18 heavy (non-hydrogen) atoms. The second-order valence-electron chi connectivity index (χ2n) is 5.59. The van der Waals surface area contributed by atoms with Gasteiger partial charge in [0.25, 0.3) is 0 Å². The predicted octanol–water partition coefficient (Wildman–Crippen LogP) is 5.22. The van der Waals surface area contributed by atoms with Crippen molar-refractivity contribution in [2.45, 2.75) is 71.6 Å². The number of hydrogen-bond acceptors (Lipinski definition) is 1. The third-order valence-corrected chi connectivity index (χ3v) is 3.89. The molecular weight excluding hydrogens is 220 g/mol. The van der Waals surface area contributed by atoms with E-state index in [-0.39, 0.29) is 0 Å². The summed E-state index contributed by atoms with van der Waals surface area (Å²) in [5, 5.41) is 0. The van der Waals surface area contributed by atoms with Crippen molar-refractivity contribution in [3.05, 3.63) is 23.3 Å². The minimum atomic E-state index is 0.423. The van der Waals surface area contributed by atoms with Crippen LogP contribution in [0.5, 0.6) is 0 Å². The molecule has 1 heteroatoms. The molecule has 102 valence electrons. The number of carbonyl (C=O) groups excluding carboxylic acids is 1. The summed E-state index contributed by atoms with van der Waals surface area (Å²) in [5.41, 5.74) is 2.49. The Bertz CT molecular complexity index is 299. The molecule has 0 fully saturated rings. The van der Waals surface area contributed by atoms with Crippen LogP contribution >= 0.6 is 0 Å². The van der Waals surface area contributed by atoms with Crippen LogP contribution < -0.4 is 0 Å². The lowest BCUT2D eigenvalue weighted by molar-refractivity contribution is -0.105. The molecule has 1 unspecified atom stereocenters. The summed E-state index contributed by atoms with van der Waals surface area (Å²) in [7, 11) is 0. The Kier molecular flexibility index (Phi) is 7.71. The first-order valence-corrected chi connectivity index (χ1v) is 7.62. The first-order valence-electron chi connectivity index (χ1n) is 7.62. The zero-order valence-corrected chi connectivity index (χ0v) is 12.1. The summed E-state index contributed by atoms with van der Waals surface area (Å²) in [6, 6.07) is 0. The number of unbranched alkanes of at least 4 members (excludes halogenated alkanes) is 6. The molecule has 0 aromatic heterocycles. The fraction of sp³-hybridized carbons (Fsp3) is 0.706. The van der Waals surface area contributed by atoms with Crippen LogP contribution in [0.4, 0.5) is 0 Å². The quantitative estimate of drug-likeness (QED) is 0.404. The van der Waals surface area contributed by atoms with Gasteiger partial charge in [0.2, 0.25) is 0 Å². The van der Waals surface area contributed by atoms with Crippen LogP contribution in [-0.2, 0) is 4.79 Å². The monoisotopic (exact) mass is 248 g/mol. The average Bonchev–Trinajstić information content (AvgIpc) is 2.38. The molecule has 0 N–H and O–H groups in total. The first-order chi connectivity index (χ1) is 8.77. The van der Waals surface area contributed by atoms with Gasteiger partial charge in [0.1, 0.15) is 6.29 Å². The van der Waals surface area contributed by atoms with Crippen molar-refractivity contribution in [1.82, 2.24) is 0 Å². The summed E-state index contributed by atoms with van der Waals surface area (Å²) in [4.78, 5) is 10.8. The molecule has 1 aliphatic carbocycles. The van der Waals surface area contributed by atoms with Crippen LogP contribution in [0, 0.1) is 5.92 Å². The maximum Gasteiger partial charge on any atom is 0.146 e. The molecule has 0 spiro atoms. The highest BCUT2D eigenvalue weighted by atomic mass is 16.1. The van der Waals surface area contributed by atoms with Gasteiger partial charge in [-0.15, -0.1) is 0 Å². The highest BCUT2D eigenvalue weighted by Gasteiger charge is 2.13. The molecule has 0 saturated carbocycles. The van der Waals surface area contributed by atoms with E-state index in [1.165, 1.54) is 56.9 Å². The molecule has 0 amide bonds.